The predicted molar refractivity (Wildman–Crippen MR) is 31.5 cm³/mol. The van der Waals surface area contributed by atoms with Crippen LogP contribution in [0.15, 0.2) is 6.33 Å². The summed E-state index contributed by atoms with van der Waals surface area (Å²) < 4.78 is 0. The van der Waals surface area contributed by atoms with Gasteiger partial charge >= 0.3 is 11.2 Å². The van der Waals surface area contributed by atoms with Crippen molar-refractivity contribution < 1.29 is 4.92 Å². The molecule has 0 N–H and O–H groups in total. The summed E-state index contributed by atoms with van der Waals surface area (Å²) in [6.45, 7) is 0. The molecule has 7 heteroatoms. The number of aromatic nitrogens is 3. The molecule has 1 aromatic rings. The van der Waals surface area contributed by atoms with Gasteiger partial charge in [-0.05, 0) is 21.5 Å². The molecule has 0 unspecified atom stereocenters. The maximum Gasteiger partial charge on any atom is 0.473 e. The Balaban J connectivity index is 3.07. The van der Waals surface area contributed by atoms with Gasteiger partial charge in [0.1, 0.15) is 0 Å². The van der Waals surface area contributed by atoms with E-state index in [2.05, 4.69) is 15.0 Å². The Hall–Kier alpha value is -1.30. The van der Waals surface area contributed by atoms with Gasteiger partial charge in [-0.1, -0.05) is 4.98 Å². The van der Waals surface area contributed by atoms with Crippen molar-refractivity contribution in [2.24, 2.45) is 0 Å². The molecule has 0 fully saturated rings. The van der Waals surface area contributed by atoms with E-state index in [4.69, 9.17) is 11.6 Å². The zero-order valence-corrected chi connectivity index (χ0v) is 5.32. The zero-order valence-electron chi connectivity index (χ0n) is 4.56. The Morgan fingerprint density at radius 2 is 2.30 bits per heavy atom. The number of rotatable bonds is 1. The minimum absolute atomic E-state index is 0.179. The highest BCUT2D eigenvalue weighted by atomic mass is 35.5. The van der Waals surface area contributed by atoms with Crippen LogP contribution in [0.5, 0.6) is 0 Å². The minimum atomic E-state index is -0.742. The molecule has 1 aromatic heterocycles. The molecule has 0 bridgehead atoms. The summed E-state index contributed by atoms with van der Waals surface area (Å²) >= 11 is 5.22. The van der Waals surface area contributed by atoms with E-state index in [0.29, 0.717) is 0 Å². The van der Waals surface area contributed by atoms with Gasteiger partial charge in [0.2, 0.25) is 0 Å². The Morgan fingerprint density at radius 3 is 2.70 bits per heavy atom. The summed E-state index contributed by atoms with van der Waals surface area (Å²) in [4.78, 5) is 19.0. The highest BCUT2D eigenvalue weighted by Crippen LogP contribution is 2.03. The summed E-state index contributed by atoms with van der Waals surface area (Å²) in [5.74, 6) is -0.542. The number of hydrogen-bond donors (Lipinski definition) is 0. The van der Waals surface area contributed by atoms with Crippen molar-refractivity contribution in [2.45, 2.75) is 0 Å². The minimum Gasteiger partial charge on any atom is -0.390 e. The van der Waals surface area contributed by atoms with Gasteiger partial charge in [0.15, 0.2) is 6.33 Å². The lowest BCUT2D eigenvalue weighted by molar-refractivity contribution is -0.394. The molecule has 10 heavy (non-hydrogen) atoms. The molecule has 0 spiro atoms. The third-order valence-corrected chi connectivity index (χ3v) is 0.875. The maximum atomic E-state index is 9.95. The first-order valence-electron chi connectivity index (χ1n) is 2.19. The molecule has 0 aliphatic heterocycles. The van der Waals surface area contributed by atoms with E-state index in [0.717, 1.165) is 6.33 Å². The molecule has 0 amide bonds. The third-order valence-electron chi connectivity index (χ3n) is 0.693. The van der Waals surface area contributed by atoms with E-state index in [1.165, 1.54) is 0 Å². The second-order valence-corrected chi connectivity index (χ2v) is 1.65. The topological polar surface area (TPSA) is 81.8 Å². The van der Waals surface area contributed by atoms with Crippen LogP contribution in [0.3, 0.4) is 0 Å². The molecule has 0 aromatic carbocycles. The number of nitrogens with zero attached hydrogens (tertiary/aromatic N) is 4. The van der Waals surface area contributed by atoms with Gasteiger partial charge in [-0.2, -0.15) is 4.98 Å². The molecule has 6 nitrogen and oxygen atoms in total. The van der Waals surface area contributed by atoms with E-state index < -0.39 is 10.9 Å². The lowest BCUT2D eigenvalue weighted by Gasteiger charge is -1.87. The highest BCUT2D eigenvalue weighted by molar-refractivity contribution is 6.28. The van der Waals surface area contributed by atoms with Crippen molar-refractivity contribution in [3.05, 3.63) is 21.7 Å². The summed E-state index contributed by atoms with van der Waals surface area (Å²) in [6.07, 6.45) is 0.980. The van der Waals surface area contributed by atoms with Crippen LogP contribution in [0.2, 0.25) is 5.28 Å². The van der Waals surface area contributed by atoms with E-state index in [9.17, 15) is 10.1 Å². The molecule has 1 heterocycles. The molecule has 0 atom stereocenters. The Labute approximate surface area is 60.0 Å². The molecule has 0 aliphatic carbocycles. The van der Waals surface area contributed by atoms with Crippen molar-refractivity contribution in [3.8, 4) is 0 Å². The fourth-order valence-electron chi connectivity index (χ4n) is 0.356. The summed E-state index contributed by atoms with van der Waals surface area (Å²) in [6, 6.07) is 0. The smallest absolute Gasteiger partial charge is 0.390 e. The number of nitro groups is 1. The molecule has 0 aliphatic rings. The predicted octanol–water partition coefficient (Wildman–Crippen LogP) is 0.433. The zero-order chi connectivity index (χ0) is 7.56. The van der Waals surface area contributed by atoms with E-state index >= 15 is 0 Å². The van der Waals surface area contributed by atoms with Crippen LogP contribution in [0.1, 0.15) is 0 Å². The lowest BCUT2D eigenvalue weighted by atomic mass is 11.0. The van der Waals surface area contributed by atoms with E-state index in [1.54, 1.807) is 0 Å². The van der Waals surface area contributed by atoms with E-state index in [-0.39, 0.29) is 5.28 Å². The van der Waals surface area contributed by atoms with Crippen LogP contribution in [-0.4, -0.2) is 19.9 Å². The van der Waals surface area contributed by atoms with Crippen molar-refractivity contribution in [3.63, 3.8) is 0 Å². The Kier molecular flexibility index (Phi) is 1.72. The first-order valence-corrected chi connectivity index (χ1v) is 2.57. The molecule has 1 rings (SSSR count). The summed E-state index contributed by atoms with van der Waals surface area (Å²) in [5.41, 5.74) is 0. The van der Waals surface area contributed by atoms with Crippen LogP contribution in [0, 0.1) is 10.1 Å². The summed E-state index contributed by atoms with van der Waals surface area (Å²) in [7, 11) is 0. The Bertz CT molecular complexity index is 264. The number of hydrogen-bond acceptors (Lipinski definition) is 5. The van der Waals surface area contributed by atoms with Crippen LogP contribution < -0.4 is 0 Å². The highest BCUT2D eigenvalue weighted by Gasteiger charge is 2.09. The van der Waals surface area contributed by atoms with Crippen molar-refractivity contribution in [2.75, 3.05) is 0 Å². The monoisotopic (exact) mass is 160 g/mol. The standard InChI is InChI=1S/C3HClN4O2/c4-2-5-1-6-3(7-2)8(9)10/h1H. The van der Waals surface area contributed by atoms with E-state index in [1.807, 2.05) is 0 Å². The fourth-order valence-corrected chi connectivity index (χ4v) is 0.476. The van der Waals surface area contributed by atoms with Crippen LogP contribution in [0.4, 0.5) is 5.95 Å². The average molecular weight is 161 g/mol. The van der Waals surface area contributed by atoms with Crippen molar-refractivity contribution in [1.29, 1.82) is 0 Å². The molecule has 52 valence electrons. The van der Waals surface area contributed by atoms with Gasteiger partial charge in [0.05, 0.1) is 0 Å². The largest absolute Gasteiger partial charge is 0.473 e. The van der Waals surface area contributed by atoms with Gasteiger partial charge in [0.25, 0.3) is 0 Å². The molecule has 0 saturated carbocycles. The fraction of sp³-hybridized carbons (Fsp3) is 0. The molecular formula is C3HClN4O2. The lowest BCUT2D eigenvalue weighted by Crippen LogP contribution is -1.96. The molecular weight excluding hydrogens is 160 g/mol. The molecule has 0 saturated heterocycles. The van der Waals surface area contributed by atoms with Crippen LogP contribution >= 0.6 is 11.6 Å². The first-order chi connectivity index (χ1) is 4.70. The van der Waals surface area contributed by atoms with Crippen LogP contribution in [-0.2, 0) is 0 Å². The Morgan fingerprint density at radius 1 is 1.60 bits per heavy atom. The average Bonchev–Trinajstić information content (AvgIpc) is 1.88. The summed E-state index contributed by atoms with van der Waals surface area (Å²) in [5, 5.41) is 9.77. The van der Waals surface area contributed by atoms with Gasteiger partial charge in [-0.3, -0.25) is 0 Å². The number of halogens is 1. The third kappa shape index (κ3) is 1.35. The van der Waals surface area contributed by atoms with Crippen molar-refractivity contribution >= 4 is 17.5 Å². The second kappa shape index (κ2) is 2.53. The van der Waals surface area contributed by atoms with Crippen molar-refractivity contribution in [1.82, 2.24) is 15.0 Å². The van der Waals surface area contributed by atoms with Gasteiger partial charge in [0, 0.05) is 0 Å². The van der Waals surface area contributed by atoms with Gasteiger partial charge in [-0.15, -0.1) is 0 Å². The SMILES string of the molecule is O=[N+]([O-])c1ncnc(Cl)n1. The van der Waals surface area contributed by atoms with Crippen LogP contribution in [0.25, 0.3) is 0 Å². The second-order valence-electron chi connectivity index (χ2n) is 1.31. The van der Waals surface area contributed by atoms with Gasteiger partial charge in [-0.25, -0.2) is 0 Å². The normalized spacial score (nSPS) is 9.30. The first kappa shape index (κ1) is 6.81. The quantitative estimate of drug-likeness (QED) is 0.440. The maximum absolute atomic E-state index is 9.95. The van der Waals surface area contributed by atoms with Gasteiger partial charge < -0.3 is 10.1 Å². The molecule has 0 radical (unpaired) electrons.